The first-order valence-corrected chi connectivity index (χ1v) is 12.5. The van der Waals surface area contributed by atoms with E-state index in [0.29, 0.717) is 42.9 Å². The Bertz CT molecular complexity index is 829. The Balaban J connectivity index is 1.70. The van der Waals surface area contributed by atoms with Crippen LogP contribution in [0.3, 0.4) is 0 Å². The fourth-order valence-corrected chi connectivity index (χ4v) is 3.40. The van der Waals surface area contributed by atoms with Gasteiger partial charge in [0.25, 0.3) is 0 Å². The Morgan fingerprint density at radius 3 is 1.82 bits per heavy atom. The molecule has 2 rings (SSSR count). The number of benzene rings is 2. The van der Waals surface area contributed by atoms with Gasteiger partial charge in [-0.1, -0.05) is 45.4 Å². The molecule has 6 nitrogen and oxygen atoms in total. The van der Waals surface area contributed by atoms with Crippen molar-refractivity contribution in [2.45, 2.75) is 71.1 Å². The summed E-state index contributed by atoms with van der Waals surface area (Å²) in [6.07, 6.45) is 10.9. The van der Waals surface area contributed by atoms with Crippen molar-refractivity contribution in [3.63, 3.8) is 0 Å². The van der Waals surface area contributed by atoms with Gasteiger partial charge in [-0.3, -0.25) is 0 Å². The van der Waals surface area contributed by atoms with Gasteiger partial charge in [-0.15, -0.1) is 0 Å². The molecule has 0 aliphatic rings. The topological polar surface area (TPSA) is 82.1 Å². The van der Waals surface area contributed by atoms with Crippen molar-refractivity contribution in [3.8, 4) is 11.5 Å². The number of carbonyl (C=O) groups excluding carboxylic acids is 2. The number of aliphatic hydroxyl groups is 1. The molecule has 0 aliphatic carbocycles. The zero-order chi connectivity index (χ0) is 24.4. The van der Waals surface area contributed by atoms with Crippen LogP contribution in [0.4, 0.5) is 0 Å². The van der Waals surface area contributed by atoms with Gasteiger partial charge in [0.2, 0.25) is 0 Å². The van der Waals surface area contributed by atoms with Gasteiger partial charge in [-0.05, 0) is 74.2 Å². The number of ether oxygens (including phenoxy) is 3. The first kappa shape index (κ1) is 27.4. The van der Waals surface area contributed by atoms with E-state index in [-0.39, 0.29) is 6.61 Å². The summed E-state index contributed by atoms with van der Waals surface area (Å²) in [6, 6.07) is 13.2. The summed E-state index contributed by atoms with van der Waals surface area (Å²) in [5.41, 5.74) is 0.819. The van der Waals surface area contributed by atoms with Crippen LogP contribution in [0, 0.1) is 0 Å². The SMILES string of the molecule is CCCCCCCCCOc1ccc(C(=O)Oc2ccc(C(=O)OCCCCCO)cc2)cc1. The zero-order valence-corrected chi connectivity index (χ0v) is 20.3. The highest BCUT2D eigenvalue weighted by Crippen LogP contribution is 2.18. The Hall–Kier alpha value is -2.86. The van der Waals surface area contributed by atoms with Crippen LogP contribution in [0.25, 0.3) is 0 Å². The fourth-order valence-electron chi connectivity index (χ4n) is 3.40. The number of aliphatic hydroxyl groups excluding tert-OH is 1. The van der Waals surface area contributed by atoms with E-state index in [0.717, 1.165) is 18.6 Å². The molecule has 186 valence electrons. The van der Waals surface area contributed by atoms with Crippen molar-refractivity contribution in [1.82, 2.24) is 0 Å². The monoisotopic (exact) mass is 470 g/mol. The number of esters is 2. The van der Waals surface area contributed by atoms with Gasteiger partial charge < -0.3 is 19.3 Å². The third kappa shape index (κ3) is 10.8. The fraction of sp³-hybridized carbons (Fsp3) is 0.500. The largest absolute Gasteiger partial charge is 0.494 e. The molecule has 0 aromatic heterocycles. The lowest BCUT2D eigenvalue weighted by molar-refractivity contribution is 0.0496. The number of rotatable bonds is 17. The molecule has 34 heavy (non-hydrogen) atoms. The van der Waals surface area contributed by atoms with Crippen molar-refractivity contribution < 1.29 is 28.9 Å². The second-order valence-electron chi connectivity index (χ2n) is 8.33. The minimum Gasteiger partial charge on any atom is -0.494 e. The summed E-state index contributed by atoms with van der Waals surface area (Å²) in [7, 11) is 0. The summed E-state index contributed by atoms with van der Waals surface area (Å²) in [5, 5.41) is 8.75. The van der Waals surface area contributed by atoms with Crippen LogP contribution in [0.2, 0.25) is 0 Å². The molecule has 6 heteroatoms. The Morgan fingerprint density at radius 1 is 0.647 bits per heavy atom. The van der Waals surface area contributed by atoms with Crippen molar-refractivity contribution in [1.29, 1.82) is 0 Å². The molecular weight excluding hydrogens is 432 g/mol. The average molecular weight is 471 g/mol. The molecule has 0 fully saturated rings. The molecule has 0 unspecified atom stereocenters. The maximum Gasteiger partial charge on any atom is 0.343 e. The normalized spacial score (nSPS) is 10.6. The number of hydrogen-bond donors (Lipinski definition) is 1. The van der Waals surface area contributed by atoms with Crippen molar-refractivity contribution in [2.24, 2.45) is 0 Å². The number of unbranched alkanes of at least 4 members (excludes halogenated alkanes) is 8. The van der Waals surface area contributed by atoms with Crippen LogP contribution in [-0.2, 0) is 4.74 Å². The first-order chi connectivity index (χ1) is 16.6. The average Bonchev–Trinajstić information content (AvgIpc) is 2.86. The van der Waals surface area contributed by atoms with Gasteiger partial charge in [-0.2, -0.15) is 0 Å². The molecule has 0 bridgehead atoms. The standard InChI is InChI=1S/C28H38O6/c1-2-3-4-5-6-7-10-21-32-25-16-12-24(13-17-25)28(31)34-26-18-14-23(15-19-26)27(30)33-22-11-8-9-20-29/h12-19,29H,2-11,20-22H2,1H3. The molecule has 2 aromatic carbocycles. The van der Waals surface area contributed by atoms with E-state index in [4.69, 9.17) is 19.3 Å². The number of hydrogen-bond acceptors (Lipinski definition) is 6. The van der Waals surface area contributed by atoms with E-state index in [1.54, 1.807) is 48.5 Å². The van der Waals surface area contributed by atoms with Crippen LogP contribution < -0.4 is 9.47 Å². The van der Waals surface area contributed by atoms with Gasteiger partial charge in [0.15, 0.2) is 0 Å². The molecule has 1 N–H and O–H groups in total. The predicted octanol–water partition coefficient (Wildman–Crippen LogP) is 6.35. The van der Waals surface area contributed by atoms with Crippen molar-refractivity contribution >= 4 is 11.9 Å². The predicted molar refractivity (Wildman–Crippen MR) is 133 cm³/mol. The highest BCUT2D eigenvalue weighted by molar-refractivity contribution is 5.92. The Morgan fingerprint density at radius 2 is 1.18 bits per heavy atom. The third-order valence-corrected chi connectivity index (χ3v) is 5.44. The van der Waals surface area contributed by atoms with Gasteiger partial charge in [-0.25, -0.2) is 9.59 Å². The molecule has 0 spiro atoms. The molecule has 0 saturated carbocycles. The van der Waals surface area contributed by atoms with Gasteiger partial charge in [0, 0.05) is 6.61 Å². The lowest BCUT2D eigenvalue weighted by Gasteiger charge is -2.08. The van der Waals surface area contributed by atoms with Crippen LogP contribution in [0.1, 0.15) is 91.8 Å². The molecule has 0 atom stereocenters. The summed E-state index contributed by atoms with van der Waals surface area (Å²) >= 11 is 0. The van der Waals surface area contributed by atoms with E-state index in [9.17, 15) is 9.59 Å². The highest BCUT2D eigenvalue weighted by Gasteiger charge is 2.11. The number of carbonyl (C=O) groups is 2. The van der Waals surface area contributed by atoms with Crippen LogP contribution >= 0.6 is 0 Å². The van der Waals surface area contributed by atoms with E-state index in [1.807, 2.05) is 0 Å². The minimum atomic E-state index is -0.474. The molecule has 0 heterocycles. The van der Waals surface area contributed by atoms with E-state index >= 15 is 0 Å². The quantitative estimate of drug-likeness (QED) is 0.165. The Kier molecular flexibility index (Phi) is 13.5. The van der Waals surface area contributed by atoms with Gasteiger partial charge in [0.05, 0.1) is 24.3 Å². The van der Waals surface area contributed by atoms with E-state index < -0.39 is 11.9 Å². The summed E-state index contributed by atoms with van der Waals surface area (Å²) in [5.74, 6) is 0.192. The second kappa shape index (κ2) is 16.7. The minimum absolute atomic E-state index is 0.144. The summed E-state index contributed by atoms with van der Waals surface area (Å²) in [4.78, 5) is 24.4. The summed E-state index contributed by atoms with van der Waals surface area (Å²) in [6.45, 7) is 3.36. The molecule has 2 aromatic rings. The summed E-state index contributed by atoms with van der Waals surface area (Å²) < 4.78 is 16.4. The van der Waals surface area contributed by atoms with Crippen molar-refractivity contribution in [2.75, 3.05) is 19.8 Å². The molecule has 0 aliphatic heterocycles. The van der Waals surface area contributed by atoms with Crippen LogP contribution in [0.15, 0.2) is 48.5 Å². The lowest BCUT2D eigenvalue weighted by Crippen LogP contribution is -2.09. The van der Waals surface area contributed by atoms with Crippen LogP contribution in [0.5, 0.6) is 11.5 Å². The van der Waals surface area contributed by atoms with E-state index in [2.05, 4.69) is 6.92 Å². The maximum atomic E-state index is 12.4. The van der Waals surface area contributed by atoms with Gasteiger partial charge >= 0.3 is 11.9 Å². The first-order valence-electron chi connectivity index (χ1n) is 12.5. The molecular formula is C28H38O6. The maximum absolute atomic E-state index is 12.4. The van der Waals surface area contributed by atoms with Crippen LogP contribution in [-0.4, -0.2) is 36.9 Å². The zero-order valence-electron chi connectivity index (χ0n) is 20.3. The van der Waals surface area contributed by atoms with E-state index in [1.165, 1.54) is 38.5 Å². The molecule has 0 saturated heterocycles. The Labute approximate surface area is 203 Å². The molecule has 0 radical (unpaired) electrons. The highest BCUT2D eigenvalue weighted by atomic mass is 16.5. The second-order valence-corrected chi connectivity index (χ2v) is 8.33. The van der Waals surface area contributed by atoms with Gasteiger partial charge in [0.1, 0.15) is 11.5 Å². The third-order valence-electron chi connectivity index (χ3n) is 5.44. The molecule has 0 amide bonds. The lowest BCUT2D eigenvalue weighted by atomic mass is 10.1. The smallest absolute Gasteiger partial charge is 0.343 e. The van der Waals surface area contributed by atoms with Crippen molar-refractivity contribution in [3.05, 3.63) is 59.7 Å².